The smallest absolute Gasteiger partial charge is 0.318 e. The second-order valence-corrected chi connectivity index (χ2v) is 6.90. The van der Waals surface area contributed by atoms with Crippen LogP contribution >= 0.6 is 0 Å². The predicted molar refractivity (Wildman–Crippen MR) is 97.8 cm³/mol. The van der Waals surface area contributed by atoms with Gasteiger partial charge < -0.3 is 10.2 Å². The minimum Gasteiger partial charge on any atom is -0.334 e. The van der Waals surface area contributed by atoms with Gasteiger partial charge in [0.05, 0.1) is 0 Å². The maximum Gasteiger partial charge on any atom is 0.318 e. The van der Waals surface area contributed by atoms with Gasteiger partial charge in [-0.25, -0.2) is 4.79 Å². The van der Waals surface area contributed by atoms with E-state index in [-0.39, 0.29) is 6.03 Å². The van der Waals surface area contributed by atoms with Gasteiger partial charge in [-0.2, -0.15) is 0 Å². The van der Waals surface area contributed by atoms with E-state index in [2.05, 4.69) is 43.4 Å². The van der Waals surface area contributed by atoms with Crippen LogP contribution in [0.3, 0.4) is 0 Å². The van der Waals surface area contributed by atoms with Gasteiger partial charge in [0.25, 0.3) is 0 Å². The molecule has 3 rings (SSSR count). The summed E-state index contributed by atoms with van der Waals surface area (Å²) in [5.74, 6) is 0.535. The molecular weight excluding hydrogens is 296 g/mol. The minimum atomic E-state index is 0.0364. The average molecular weight is 322 g/mol. The second kappa shape index (κ2) is 7.52. The highest BCUT2D eigenvalue weighted by Gasteiger charge is 2.32. The molecular formula is C21H26N2O. The fraction of sp³-hybridized carbons (Fsp3) is 0.381. The van der Waals surface area contributed by atoms with Gasteiger partial charge in [0.15, 0.2) is 0 Å². The highest BCUT2D eigenvalue weighted by Crippen LogP contribution is 2.28. The topological polar surface area (TPSA) is 32.3 Å². The third kappa shape index (κ3) is 4.38. The summed E-state index contributed by atoms with van der Waals surface area (Å²) >= 11 is 0. The van der Waals surface area contributed by atoms with E-state index in [1.807, 2.05) is 35.2 Å². The molecule has 3 heteroatoms. The maximum absolute atomic E-state index is 12.6. The molecule has 0 radical (unpaired) electrons. The number of carbonyl (C=O) groups excluding carboxylic acids is 1. The fourth-order valence-corrected chi connectivity index (χ4v) is 2.83. The van der Waals surface area contributed by atoms with Gasteiger partial charge in [-0.3, -0.25) is 0 Å². The van der Waals surface area contributed by atoms with Crippen LogP contribution in [0.5, 0.6) is 0 Å². The fourth-order valence-electron chi connectivity index (χ4n) is 2.83. The molecule has 0 unspecified atom stereocenters. The quantitative estimate of drug-likeness (QED) is 0.822. The van der Waals surface area contributed by atoms with Crippen LogP contribution in [0.1, 0.15) is 49.3 Å². The van der Waals surface area contributed by atoms with Crippen molar-refractivity contribution in [3.63, 3.8) is 0 Å². The minimum absolute atomic E-state index is 0.0364. The Kier molecular flexibility index (Phi) is 5.19. The number of hydrogen-bond acceptors (Lipinski definition) is 1. The molecule has 0 aliphatic heterocycles. The van der Waals surface area contributed by atoms with Crippen molar-refractivity contribution in [2.45, 2.75) is 51.7 Å². The zero-order valence-electron chi connectivity index (χ0n) is 14.5. The number of nitrogens with one attached hydrogen (secondary N) is 1. The van der Waals surface area contributed by atoms with Crippen molar-refractivity contribution in [3.05, 3.63) is 71.3 Å². The maximum atomic E-state index is 12.6. The van der Waals surface area contributed by atoms with Gasteiger partial charge in [0, 0.05) is 19.1 Å². The Hall–Kier alpha value is -2.29. The molecule has 3 nitrogen and oxygen atoms in total. The average Bonchev–Trinajstić information content (AvgIpc) is 3.44. The van der Waals surface area contributed by atoms with E-state index >= 15 is 0 Å². The van der Waals surface area contributed by atoms with Crippen LogP contribution in [0, 0.1) is 0 Å². The summed E-state index contributed by atoms with van der Waals surface area (Å²) in [5.41, 5.74) is 3.66. The highest BCUT2D eigenvalue weighted by molar-refractivity contribution is 5.75. The van der Waals surface area contributed by atoms with Gasteiger partial charge in [0.2, 0.25) is 0 Å². The Morgan fingerprint density at radius 1 is 1.04 bits per heavy atom. The van der Waals surface area contributed by atoms with E-state index in [0.29, 0.717) is 25.0 Å². The van der Waals surface area contributed by atoms with E-state index in [9.17, 15) is 4.79 Å². The first-order valence-corrected chi connectivity index (χ1v) is 8.80. The number of nitrogens with zero attached hydrogens (tertiary/aromatic N) is 1. The highest BCUT2D eigenvalue weighted by atomic mass is 16.2. The summed E-state index contributed by atoms with van der Waals surface area (Å²) in [6.45, 7) is 5.66. The number of amides is 2. The summed E-state index contributed by atoms with van der Waals surface area (Å²) < 4.78 is 0. The van der Waals surface area contributed by atoms with Gasteiger partial charge in [-0.05, 0) is 35.4 Å². The molecule has 2 aromatic carbocycles. The summed E-state index contributed by atoms with van der Waals surface area (Å²) in [7, 11) is 0. The number of rotatable bonds is 6. The molecule has 1 aliphatic carbocycles. The van der Waals surface area contributed by atoms with Crippen LogP contribution in [0.15, 0.2) is 54.6 Å². The lowest BCUT2D eigenvalue weighted by atomic mass is 10.0. The lowest BCUT2D eigenvalue weighted by Crippen LogP contribution is -2.40. The van der Waals surface area contributed by atoms with E-state index in [4.69, 9.17) is 0 Å². The van der Waals surface area contributed by atoms with Gasteiger partial charge in [-0.1, -0.05) is 68.4 Å². The summed E-state index contributed by atoms with van der Waals surface area (Å²) in [5, 5.41) is 3.06. The normalized spacial score (nSPS) is 13.8. The molecule has 0 heterocycles. The molecule has 0 spiro atoms. The summed E-state index contributed by atoms with van der Waals surface area (Å²) in [4.78, 5) is 14.6. The predicted octanol–water partition coefficient (Wildman–Crippen LogP) is 4.68. The zero-order valence-corrected chi connectivity index (χ0v) is 14.5. The lowest BCUT2D eigenvalue weighted by Gasteiger charge is -2.23. The van der Waals surface area contributed by atoms with Crippen LogP contribution in [-0.2, 0) is 13.1 Å². The molecule has 1 aliphatic rings. The second-order valence-electron chi connectivity index (χ2n) is 6.90. The van der Waals surface area contributed by atoms with Crippen molar-refractivity contribution in [1.82, 2.24) is 10.2 Å². The Balaban J connectivity index is 1.60. The van der Waals surface area contributed by atoms with Gasteiger partial charge >= 0.3 is 6.03 Å². The molecule has 0 aromatic heterocycles. The van der Waals surface area contributed by atoms with Gasteiger partial charge in [-0.15, -0.1) is 0 Å². The van der Waals surface area contributed by atoms with Crippen molar-refractivity contribution in [3.8, 4) is 0 Å². The van der Waals surface area contributed by atoms with E-state index in [1.54, 1.807) is 0 Å². The SMILES string of the molecule is CC(C)c1ccc(CN(C(=O)NCc2ccccc2)C2CC2)cc1. The molecule has 2 amide bonds. The van der Waals surface area contributed by atoms with Crippen molar-refractivity contribution in [2.75, 3.05) is 0 Å². The summed E-state index contributed by atoms with van der Waals surface area (Å²) in [6.07, 6.45) is 2.23. The standard InChI is InChI=1S/C21H26N2O/c1-16(2)19-10-8-18(9-11-19)15-23(20-12-13-20)21(24)22-14-17-6-4-3-5-7-17/h3-11,16,20H,12-15H2,1-2H3,(H,22,24). The molecule has 1 saturated carbocycles. The first-order valence-electron chi connectivity index (χ1n) is 8.80. The third-order valence-electron chi connectivity index (χ3n) is 4.53. The zero-order chi connectivity index (χ0) is 16.9. The molecule has 1 fully saturated rings. The first kappa shape index (κ1) is 16.6. The number of hydrogen-bond donors (Lipinski definition) is 1. The van der Waals surface area contributed by atoms with Crippen LogP contribution < -0.4 is 5.32 Å². The van der Waals surface area contributed by atoms with E-state index in [1.165, 1.54) is 11.1 Å². The Morgan fingerprint density at radius 2 is 1.71 bits per heavy atom. The first-order chi connectivity index (χ1) is 11.6. The molecule has 1 N–H and O–H groups in total. The van der Waals surface area contributed by atoms with Crippen molar-refractivity contribution >= 4 is 6.03 Å². The molecule has 0 saturated heterocycles. The molecule has 2 aromatic rings. The Bertz CT molecular complexity index is 660. The third-order valence-corrected chi connectivity index (χ3v) is 4.53. The number of urea groups is 1. The monoisotopic (exact) mass is 322 g/mol. The van der Waals surface area contributed by atoms with Gasteiger partial charge in [0.1, 0.15) is 0 Å². The molecule has 24 heavy (non-hydrogen) atoms. The summed E-state index contributed by atoms with van der Waals surface area (Å²) in [6, 6.07) is 19.1. The molecule has 0 bridgehead atoms. The molecule has 0 atom stereocenters. The van der Waals surface area contributed by atoms with E-state index in [0.717, 1.165) is 18.4 Å². The van der Waals surface area contributed by atoms with Crippen LogP contribution in [-0.4, -0.2) is 17.0 Å². The van der Waals surface area contributed by atoms with Crippen LogP contribution in [0.25, 0.3) is 0 Å². The lowest BCUT2D eigenvalue weighted by molar-refractivity contribution is 0.191. The van der Waals surface area contributed by atoms with Crippen LogP contribution in [0.4, 0.5) is 4.79 Å². The number of benzene rings is 2. The van der Waals surface area contributed by atoms with Crippen molar-refractivity contribution < 1.29 is 4.79 Å². The Labute approximate surface area is 144 Å². The largest absolute Gasteiger partial charge is 0.334 e. The number of carbonyl (C=O) groups is 1. The Morgan fingerprint density at radius 3 is 2.29 bits per heavy atom. The van der Waals surface area contributed by atoms with Crippen LogP contribution in [0.2, 0.25) is 0 Å². The van der Waals surface area contributed by atoms with E-state index < -0.39 is 0 Å². The molecule has 126 valence electrons. The van der Waals surface area contributed by atoms with Crippen molar-refractivity contribution in [1.29, 1.82) is 0 Å². The van der Waals surface area contributed by atoms with Crippen molar-refractivity contribution in [2.24, 2.45) is 0 Å².